The van der Waals surface area contributed by atoms with Gasteiger partial charge < -0.3 is 5.32 Å². The number of hydrogen-bond donors (Lipinski definition) is 1. The number of anilines is 1. The molecule has 3 aromatic rings. The van der Waals surface area contributed by atoms with E-state index in [1.165, 1.54) is 36.4 Å². The van der Waals surface area contributed by atoms with Crippen LogP contribution in [0.2, 0.25) is 0 Å². The van der Waals surface area contributed by atoms with Crippen LogP contribution in [-0.2, 0) is 4.79 Å². The van der Waals surface area contributed by atoms with Gasteiger partial charge in [0.1, 0.15) is 5.56 Å². The van der Waals surface area contributed by atoms with Crippen molar-refractivity contribution in [2.24, 2.45) is 0 Å². The van der Waals surface area contributed by atoms with E-state index in [4.69, 9.17) is 0 Å². The van der Waals surface area contributed by atoms with Crippen molar-refractivity contribution in [1.29, 1.82) is 0 Å². The number of amides is 3. The number of carbonyl (C=O) groups is 3. The predicted molar refractivity (Wildman–Crippen MR) is 122 cm³/mol. The van der Waals surface area contributed by atoms with Gasteiger partial charge in [-0.25, -0.2) is 4.98 Å². The third-order valence-electron chi connectivity index (χ3n) is 5.29. The maximum absolute atomic E-state index is 12.5. The number of fused-ring (bicyclic) bond motifs is 2. The van der Waals surface area contributed by atoms with Crippen LogP contribution in [0.1, 0.15) is 46.4 Å². The van der Waals surface area contributed by atoms with E-state index in [0.29, 0.717) is 34.6 Å². The zero-order chi connectivity index (χ0) is 24.4. The van der Waals surface area contributed by atoms with Crippen LogP contribution in [0.15, 0.2) is 36.4 Å². The Balaban J connectivity index is 1.25. The minimum absolute atomic E-state index is 0.0275. The highest BCUT2D eigenvalue weighted by Gasteiger charge is 2.40. The summed E-state index contributed by atoms with van der Waals surface area (Å²) in [5.41, 5.74) is -0.0500. The summed E-state index contributed by atoms with van der Waals surface area (Å²) in [6.07, 6.45) is 1.67. The molecular weight excluding hydrogens is 466 g/mol. The van der Waals surface area contributed by atoms with Crippen molar-refractivity contribution in [3.63, 3.8) is 0 Å². The number of benzene rings is 2. The van der Waals surface area contributed by atoms with Gasteiger partial charge in [-0.05, 0) is 25.0 Å². The van der Waals surface area contributed by atoms with Gasteiger partial charge in [0.25, 0.3) is 23.2 Å². The molecule has 3 amide bonds. The highest BCUT2D eigenvalue weighted by Crippen LogP contribution is 2.31. The molecule has 0 spiro atoms. The Hall–Kier alpha value is -4.26. The predicted octanol–water partition coefficient (Wildman–Crippen LogP) is 3.91. The number of aromatic nitrogens is 1. The third kappa shape index (κ3) is 4.45. The number of thiazole rings is 1. The molecule has 13 heteroatoms. The van der Waals surface area contributed by atoms with Gasteiger partial charge in [-0.2, -0.15) is 0 Å². The van der Waals surface area contributed by atoms with Crippen LogP contribution in [0.4, 0.5) is 16.5 Å². The molecule has 0 unspecified atom stereocenters. The molecule has 2 aromatic carbocycles. The molecule has 0 aliphatic carbocycles. The second kappa shape index (κ2) is 9.31. The van der Waals surface area contributed by atoms with E-state index in [9.17, 15) is 34.6 Å². The Kier molecular flexibility index (Phi) is 6.27. The zero-order valence-electron chi connectivity index (χ0n) is 17.6. The fourth-order valence-corrected chi connectivity index (χ4v) is 4.58. The monoisotopic (exact) mass is 483 g/mol. The lowest BCUT2D eigenvalue weighted by molar-refractivity contribution is -0.385. The maximum Gasteiger partial charge on any atom is 0.282 e. The molecule has 0 atom stereocenters. The van der Waals surface area contributed by atoms with E-state index in [1.807, 2.05) is 0 Å². The second-order valence-electron chi connectivity index (χ2n) is 7.51. The summed E-state index contributed by atoms with van der Waals surface area (Å²) < 4.78 is 0.589. The third-order valence-corrected chi connectivity index (χ3v) is 6.22. The largest absolute Gasteiger partial charge is 0.302 e. The molecule has 0 radical (unpaired) electrons. The Morgan fingerprint density at radius 1 is 1.03 bits per heavy atom. The van der Waals surface area contributed by atoms with Gasteiger partial charge in [-0.3, -0.25) is 39.5 Å². The van der Waals surface area contributed by atoms with Gasteiger partial charge in [0.2, 0.25) is 5.91 Å². The van der Waals surface area contributed by atoms with E-state index in [1.54, 1.807) is 0 Å². The summed E-state index contributed by atoms with van der Waals surface area (Å²) in [6, 6.07) is 8.23. The van der Waals surface area contributed by atoms with Crippen LogP contribution < -0.4 is 5.32 Å². The molecule has 1 aliphatic heterocycles. The molecule has 1 aromatic heterocycles. The van der Waals surface area contributed by atoms with Crippen molar-refractivity contribution in [1.82, 2.24) is 9.88 Å². The number of unbranched alkanes of at least 4 members (excludes halogenated alkanes) is 2. The summed E-state index contributed by atoms with van der Waals surface area (Å²) in [4.78, 5) is 63.3. The summed E-state index contributed by atoms with van der Waals surface area (Å²) in [5, 5.41) is 25.0. The first-order valence-corrected chi connectivity index (χ1v) is 11.1. The van der Waals surface area contributed by atoms with E-state index < -0.39 is 21.7 Å². The minimum Gasteiger partial charge on any atom is -0.302 e. The number of nitrogens with zero attached hydrogens (tertiary/aromatic N) is 4. The smallest absolute Gasteiger partial charge is 0.282 e. The van der Waals surface area contributed by atoms with E-state index >= 15 is 0 Å². The average Bonchev–Trinajstić information content (AvgIpc) is 3.31. The van der Waals surface area contributed by atoms with Gasteiger partial charge in [-0.15, -0.1) is 0 Å². The first-order valence-electron chi connectivity index (χ1n) is 10.2. The number of hydrogen-bond acceptors (Lipinski definition) is 9. The first kappa shape index (κ1) is 22.9. The number of nitrogens with one attached hydrogen (secondary N) is 1. The van der Waals surface area contributed by atoms with Crippen LogP contribution in [-0.4, -0.2) is 44.0 Å². The van der Waals surface area contributed by atoms with Gasteiger partial charge in [0, 0.05) is 31.2 Å². The quantitative estimate of drug-likeness (QED) is 0.207. The van der Waals surface area contributed by atoms with Crippen molar-refractivity contribution < 1.29 is 24.2 Å². The number of carbonyl (C=O) groups excluding carboxylic acids is 3. The molecule has 0 fully saturated rings. The standard InChI is InChI=1S/C21H17N5O7S/c27-17(23-21-22-14-9-8-12(25(30)31)11-16(14)34-21)7-2-1-3-10-24-19(28)13-5-4-6-15(26(32)33)18(13)20(24)29/h4-6,8-9,11H,1-3,7,10H2,(H,22,23,27). The Bertz CT molecular complexity index is 1350. The summed E-state index contributed by atoms with van der Waals surface area (Å²) in [5.74, 6) is -1.51. The van der Waals surface area contributed by atoms with E-state index in [0.717, 1.165) is 16.2 Å². The normalized spacial score (nSPS) is 12.8. The maximum atomic E-state index is 12.5. The number of imide groups is 1. The van der Waals surface area contributed by atoms with Crippen molar-refractivity contribution in [3.05, 3.63) is 67.8 Å². The fraction of sp³-hybridized carbons (Fsp3) is 0.238. The molecule has 0 saturated carbocycles. The molecular formula is C21H17N5O7S. The lowest BCUT2D eigenvalue weighted by Crippen LogP contribution is -2.30. The highest BCUT2D eigenvalue weighted by molar-refractivity contribution is 7.22. The van der Waals surface area contributed by atoms with Crippen LogP contribution in [0.3, 0.4) is 0 Å². The highest BCUT2D eigenvalue weighted by atomic mass is 32.1. The second-order valence-corrected chi connectivity index (χ2v) is 8.54. The summed E-state index contributed by atoms with van der Waals surface area (Å²) in [7, 11) is 0. The van der Waals surface area contributed by atoms with Crippen LogP contribution in [0.25, 0.3) is 10.2 Å². The summed E-state index contributed by atoms with van der Waals surface area (Å²) >= 11 is 1.14. The first-order chi connectivity index (χ1) is 16.3. The van der Waals surface area contributed by atoms with Crippen molar-refractivity contribution in [2.45, 2.75) is 25.7 Å². The number of nitro groups is 2. The Labute approximate surface area is 195 Å². The topological polar surface area (TPSA) is 166 Å². The molecule has 1 N–H and O–H groups in total. The van der Waals surface area contributed by atoms with Crippen LogP contribution in [0.5, 0.6) is 0 Å². The van der Waals surface area contributed by atoms with E-state index in [-0.39, 0.29) is 41.4 Å². The molecule has 1 aliphatic rings. The van der Waals surface area contributed by atoms with Gasteiger partial charge in [0.15, 0.2) is 5.13 Å². The molecule has 12 nitrogen and oxygen atoms in total. The molecule has 2 heterocycles. The zero-order valence-corrected chi connectivity index (χ0v) is 18.4. The molecule has 4 rings (SSSR count). The number of nitro benzene ring substituents is 2. The summed E-state index contributed by atoms with van der Waals surface area (Å²) in [6.45, 7) is 0.0990. The van der Waals surface area contributed by atoms with Crippen LogP contribution in [0, 0.1) is 20.2 Å². The molecule has 0 saturated heterocycles. The Morgan fingerprint density at radius 3 is 2.56 bits per heavy atom. The lowest BCUT2D eigenvalue weighted by Gasteiger charge is -2.13. The van der Waals surface area contributed by atoms with Crippen molar-refractivity contribution in [3.8, 4) is 0 Å². The lowest BCUT2D eigenvalue weighted by atomic mass is 10.1. The molecule has 34 heavy (non-hydrogen) atoms. The van der Waals surface area contributed by atoms with Crippen molar-refractivity contribution in [2.75, 3.05) is 11.9 Å². The van der Waals surface area contributed by atoms with E-state index in [2.05, 4.69) is 10.3 Å². The van der Waals surface area contributed by atoms with Crippen molar-refractivity contribution >= 4 is 55.8 Å². The minimum atomic E-state index is -0.682. The van der Waals surface area contributed by atoms with Gasteiger partial charge in [0.05, 0.1) is 25.6 Å². The fourth-order valence-electron chi connectivity index (χ4n) is 3.67. The average molecular weight is 483 g/mol. The van der Waals surface area contributed by atoms with Gasteiger partial charge >= 0.3 is 0 Å². The number of non-ortho nitro benzene ring substituents is 1. The molecule has 174 valence electrons. The van der Waals surface area contributed by atoms with Crippen LogP contribution >= 0.6 is 11.3 Å². The van der Waals surface area contributed by atoms with Gasteiger partial charge in [-0.1, -0.05) is 23.8 Å². The Morgan fingerprint density at radius 2 is 1.82 bits per heavy atom. The molecule has 0 bridgehead atoms. The SMILES string of the molecule is O=C(CCCCCN1C(=O)c2cccc([N+](=O)[O-])c2C1=O)Nc1nc2ccc([N+](=O)[O-])cc2s1. The number of rotatable bonds is 9.